The summed E-state index contributed by atoms with van der Waals surface area (Å²) >= 11 is 0. The molecule has 18 heavy (non-hydrogen) atoms. The second kappa shape index (κ2) is 5.55. The molecule has 4 nitrogen and oxygen atoms in total. The number of halogens is 3. The minimum absolute atomic E-state index is 0.0291. The average Bonchev–Trinajstić information content (AvgIpc) is 2.34. The Balaban J connectivity index is 3.13. The molecule has 0 fully saturated rings. The molecule has 7 heteroatoms. The first-order chi connectivity index (χ1) is 8.31. The minimum Gasteiger partial charge on any atom is -0.496 e. The van der Waals surface area contributed by atoms with Crippen LogP contribution in [0.4, 0.5) is 13.2 Å². The van der Waals surface area contributed by atoms with Gasteiger partial charge in [0.25, 0.3) is 0 Å². The van der Waals surface area contributed by atoms with Crippen LogP contribution in [0.25, 0.3) is 0 Å². The Labute approximate surface area is 101 Å². The van der Waals surface area contributed by atoms with E-state index in [0.717, 1.165) is 25.3 Å². The van der Waals surface area contributed by atoms with Gasteiger partial charge in [-0.1, -0.05) is 6.07 Å². The number of methoxy groups -OCH3 is 1. The molecule has 0 spiro atoms. The summed E-state index contributed by atoms with van der Waals surface area (Å²) in [5.41, 5.74) is -0.944. The van der Waals surface area contributed by atoms with E-state index in [0.29, 0.717) is 0 Å². The molecule has 1 rings (SSSR count). The molecule has 0 heterocycles. The molecule has 0 radical (unpaired) electrons. The largest absolute Gasteiger partial charge is 0.496 e. The van der Waals surface area contributed by atoms with Crippen LogP contribution in [0.2, 0.25) is 0 Å². The monoisotopic (exact) mass is 266 g/mol. The summed E-state index contributed by atoms with van der Waals surface area (Å²) in [6, 6.07) is 2.75. The lowest BCUT2D eigenvalue weighted by Crippen LogP contribution is -2.22. The van der Waals surface area contributed by atoms with Gasteiger partial charge in [0.05, 0.1) is 19.3 Å². The van der Waals surface area contributed by atoms with Crippen molar-refractivity contribution < 1.29 is 33.2 Å². The van der Waals surface area contributed by atoms with E-state index < -0.39 is 36.3 Å². The topological polar surface area (TPSA) is 69.9 Å². The van der Waals surface area contributed by atoms with Crippen LogP contribution in [-0.4, -0.2) is 35.1 Å². The number of hydrogen-bond donors (Lipinski definition) is 3. The Morgan fingerprint density at radius 1 is 1.28 bits per heavy atom. The fourth-order valence-corrected chi connectivity index (χ4v) is 1.45. The molecule has 1 aromatic rings. The third kappa shape index (κ3) is 3.12. The van der Waals surface area contributed by atoms with Crippen molar-refractivity contribution in [3.63, 3.8) is 0 Å². The van der Waals surface area contributed by atoms with Crippen LogP contribution in [0.3, 0.4) is 0 Å². The van der Waals surface area contributed by atoms with Crippen LogP contribution in [-0.2, 0) is 6.18 Å². The van der Waals surface area contributed by atoms with Gasteiger partial charge in [-0.2, -0.15) is 13.2 Å². The predicted molar refractivity (Wildman–Crippen MR) is 56.0 cm³/mol. The maximum atomic E-state index is 12.6. The van der Waals surface area contributed by atoms with Crippen molar-refractivity contribution in [1.29, 1.82) is 0 Å². The average molecular weight is 266 g/mol. The molecule has 2 atom stereocenters. The Morgan fingerprint density at radius 2 is 1.89 bits per heavy atom. The SMILES string of the molecule is COc1cc(C(O)C(O)CO)ccc1C(F)(F)F. The van der Waals surface area contributed by atoms with E-state index in [2.05, 4.69) is 4.74 Å². The Bertz CT molecular complexity index is 406. The maximum absolute atomic E-state index is 12.6. The van der Waals surface area contributed by atoms with Gasteiger partial charge in [0.1, 0.15) is 18.0 Å². The molecule has 0 saturated heterocycles. The van der Waals surface area contributed by atoms with E-state index in [1.165, 1.54) is 0 Å². The molecule has 2 unspecified atom stereocenters. The highest BCUT2D eigenvalue weighted by Crippen LogP contribution is 2.37. The van der Waals surface area contributed by atoms with E-state index in [1.807, 2.05) is 0 Å². The lowest BCUT2D eigenvalue weighted by atomic mass is 10.0. The molecular weight excluding hydrogens is 253 g/mol. The molecule has 0 aliphatic rings. The van der Waals surface area contributed by atoms with Crippen molar-refractivity contribution >= 4 is 0 Å². The first-order valence-electron chi connectivity index (χ1n) is 5.03. The molecule has 0 aliphatic carbocycles. The summed E-state index contributed by atoms with van der Waals surface area (Å²) in [7, 11) is 1.07. The molecule has 0 bridgehead atoms. The van der Waals surface area contributed by atoms with Crippen molar-refractivity contribution in [1.82, 2.24) is 0 Å². The molecule has 0 amide bonds. The van der Waals surface area contributed by atoms with Gasteiger partial charge in [-0.25, -0.2) is 0 Å². The first-order valence-corrected chi connectivity index (χ1v) is 5.03. The van der Waals surface area contributed by atoms with Gasteiger partial charge in [-0.3, -0.25) is 0 Å². The fraction of sp³-hybridized carbons (Fsp3) is 0.455. The number of alkyl halides is 3. The van der Waals surface area contributed by atoms with Crippen LogP contribution >= 0.6 is 0 Å². The number of aliphatic hydroxyl groups excluding tert-OH is 3. The number of hydrogen-bond acceptors (Lipinski definition) is 4. The second-order valence-corrected chi connectivity index (χ2v) is 3.65. The van der Waals surface area contributed by atoms with Gasteiger partial charge >= 0.3 is 6.18 Å². The lowest BCUT2D eigenvalue weighted by Gasteiger charge is -2.18. The minimum atomic E-state index is -4.57. The predicted octanol–water partition coefficient (Wildman–Crippen LogP) is 1.10. The maximum Gasteiger partial charge on any atom is 0.419 e. The van der Waals surface area contributed by atoms with Gasteiger partial charge < -0.3 is 20.1 Å². The van der Waals surface area contributed by atoms with Gasteiger partial charge in [-0.15, -0.1) is 0 Å². The number of aliphatic hydroxyl groups is 3. The number of benzene rings is 1. The van der Waals surface area contributed by atoms with Gasteiger partial charge in [-0.05, 0) is 17.7 Å². The van der Waals surface area contributed by atoms with Crippen LogP contribution in [0, 0.1) is 0 Å². The summed E-state index contributed by atoms with van der Waals surface area (Å²) in [4.78, 5) is 0. The van der Waals surface area contributed by atoms with E-state index >= 15 is 0 Å². The zero-order chi connectivity index (χ0) is 13.9. The quantitative estimate of drug-likeness (QED) is 0.763. The third-order valence-corrected chi connectivity index (χ3v) is 2.42. The summed E-state index contributed by atoms with van der Waals surface area (Å²) in [6.45, 7) is -0.704. The van der Waals surface area contributed by atoms with Crippen molar-refractivity contribution in [3.8, 4) is 5.75 Å². The van der Waals surface area contributed by atoms with E-state index in [-0.39, 0.29) is 5.56 Å². The van der Waals surface area contributed by atoms with Crippen LogP contribution in [0.15, 0.2) is 18.2 Å². The molecule has 1 aromatic carbocycles. The fourth-order valence-electron chi connectivity index (χ4n) is 1.45. The molecular formula is C11H13F3O4. The molecule has 0 aliphatic heterocycles. The van der Waals surface area contributed by atoms with Crippen molar-refractivity contribution in [2.75, 3.05) is 13.7 Å². The normalized spacial score (nSPS) is 15.3. The zero-order valence-corrected chi connectivity index (χ0v) is 9.48. The highest BCUT2D eigenvalue weighted by molar-refractivity contribution is 5.40. The molecule has 102 valence electrons. The highest BCUT2D eigenvalue weighted by atomic mass is 19.4. The molecule has 3 N–H and O–H groups in total. The van der Waals surface area contributed by atoms with E-state index in [1.54, 1.807) is 0 Å². The number of rotatable bonds is 4. The Kier molecular flexibility index (Phi) is 4.55. The molecule has 0 aromatic heterocycles. The zero-order valence-electron chi connectivity index (χ0n) is 9.48. The molecule has 0 saturated carbocycles. The number of ether oxygens (including phenoxy) is 1. The van der Waals surface area contributed by atoms with E-state index in [4.69, 9.17) is 5.11 Å². The standard InChI is InChI=1S/C11H13F3O4/c1-18-9-4-6(10(17)8(16)5-15)2-3-7(9)11(12,13)14/h2-4,8,10,15-17H,5H2,1H3. The van der Waals surface area contributed by atoms with Crippen LogP contribution in [0.5, 0.6) is 5.75 Å². The second-order valence-electron chi connectivity index (χ2n) is 3.65. The summed E-state index contributed by atoms with van der Waals surface area (Å²) in [5.74, 6) is -0.454. The van der Waals surface area contributed by atoms with Gasteiger partial charge in [0.15, 0.2) is 0 Å². The first kappa shape index (κ1) is 14.7. The smallest absolute Gasteiger partial charge is 0.419 e. The van der Waals surface area contributed by atoms with Gasteiger partial charge in [0.2, 0.25) is 0 Å². The van der Waals surface area contributed by atoms with Crippen LogP contribution in [0.1, 0.15) is 17.2 Å². The summed E-state index contributed by atoms with van der Waals surface area (Å²) in [5, 5.41) is 27.4. The summed E-state index contributed by atoms with van der Waals surface area (Å²) < 4.78 is 42.3. The Hall–Kier alpha value is -1.31. The van der Waals surface area contributed by atoms with Crippen molar-refractivity contribution in [2.24, 2.45) is 0 Å². The van der Waals surface area contributed by atoms with Crippen molar-refractivity contribution in [3.05, 3.63) is 29.3 Å². The lowest BCUT2D eigenvalue weighted by molar-refractivity contribution is -0.138. The van der Waals surface area contributed by atoms with Gasteiger partial charge in [0, 0.05) is 0 Å². The van der Waals surface area contributed by atoms with E-state index in [9.17, 15) is 23.4 Å². The van der Waals surface area contributed by atoms with Crippen molar-refractivity contribution in [2.45, 2.75) is 18.4 Å². The third-order valence-electron chi connectivity index (χ3n) is 2.42. The summed E-state index contributed by atoms with van der Waals surface area (Å²) in [6.07, 6.45) is -7.51. The van der Waals surface area contributed by atoms with Crippen LogP contribution < -0.4 is 4.74 Å². The Morgan fingerprint density at radius 3 is 2.33 bits per heavy atom. The highest BCUT2D eigenvalue weighted by Gasteiger charge is 2.34.